The van der Waals surface area contributed by atoms with Crippen LogP contribution < -0.4 is 10.5 Å². The Morgan fingerprint density at radius 1 is 1.32 bits per heavy atom. The highest BCUT2D eigenvalue weighted by molar-refractivity contribution is 5.95. The fraction of sp³-hybridized carbons (Fsp3) is 0.647. The summed E-state index contributed by atoms with van der Waals surface area (Å²) in [4.78, 5) is 4.61. The normalized spacial score (nSPS) is 30.9. The summed E-state index contributed by atoms with van der Waals surface area (Å²) in [6.07, 6.45) is 6.78. The van der Waals surface area contributed by atoms with E-state index in [0.717, 1.165) is 24.5 Å². The second kappa shape index (κ2) is 5.54. The third-order valence-electron chi connectivity index (χ3n) is 5.28. The first-order chi connectivity index (χ1) is 10.8. The number of nitrogens with zero attached hydrogens (tertiary/aromatic N) is 3. The van der Waals surface area contributed by atoms with E-state index in [2.05, 4.69) is 16.1 Å². The molecule has 0 amide bonds. The molecule has 0 bridgehead atoms. The summed E-state index contributed by atoms with van der Waals surface area (Å²) in [7, 11) is 1.68. The minimum Gasteiger partial charge on any atom is -0.495 e. The number of hydrogen-bond donors (Lipinski definition) is 1. The first-order valence-corrected chi connectivity index (χ1v) is 8.33. The molecule has 118 valence electrons. The van der Waals surface area contributed by atoms with E-state index < -0.39 is 0 Å². The van der Waals surface area contributed by atoms with Crippen LogP contribution in [0.25, 0.3) is 0 Å². The highest BCUT2D eigenvalue weighted by Crippen LogP contribution is 2.42. The topological polar surface area (TPSA) is 63.7 Å². The van der Waals surface area contributed by atoms with Crippen LogP contribution in [0.3, 0.4) is 0 Å². The van der Waals surface area contributed by atoms with Gasteiger partial charge >= 0.3 is 0 Å². The Balaban J connectivity index is 1.51. The molecule has 0 saturated heterocycles. The maximum absolute atomic E-state index is 5.75. The Morgan fingerprint density at radius 3 is 2.73 bits per heavy atom. The van der Waals surface area contributed by atoms with Crippen LogP contribution in [0.4, 0.5) is 0 Å². The number of methoxy groups -OCH3 is 1. The molecule has 2 N–H and O–H groups in total. The van der Waals surface area contributed by atoms with Crippen molar-refractivity contribution in [2.75, 3.05) is 20.2 Å². The molecule has 22 heavy (non-hydrogen) atoms. The number of ether oxygens (including phenoxy) is 1. The van der Waals surface area contributed by atoms with Gasteiger partial charge in [0.1, 0.15) is 5.75 Å². The molecule has 1 aliphatic heterocycles. The van der Waals surface area contributed by atoms with Gasteiger partial charge in [-0.15, -0.1) is 0 Å². The van der Waals surface area contributed by atoms with Crippen molar-refractivity contribution in [3.8, 4) is 5.75 Å². The summed E-state index contributed by atoms with van der Waals surface area (Å²) in [5, 5.41) is 7.29. The van der Waals surface area contributed by atoms with E-state index in [-0.39, 0.29) is 0 Å². The maximum Gasteiger partial charge on any atom is 0.137 e. The number of pyridine rings is 1. The number of hydrazone groups is 1. The van der Waals surface area contributed by atoms with Crippen LogP contribution in [0.1, 0.15) is 37.3 Å². The van der Waals surface area contributed by atoms with Crippen LogP contribution in [0.5, 0.6) is 5.75 Å². The fourth-order valence-corrected chi connectivity index (χ4v) is 3.62. The molecule has 0 aromatic carbocycles. The van der Waals surface area contributed by atoms with Crippen molar-refractivity contribution in [1.82, 2.24) is 9.99 Å². The molecule has 2 saturated carbocycles. The van der Waals surface area contributed by atoms with Gasteiger partial charge in [-0.3, -0.25) is 9.99 Å². The second-order valence-corrected chi connectivity index (χ2v) is 6.82. The number of aromatic nitrogens is 1. The maximum atomic E-state index is 5.75. The third-order valence-corrected chi connectivity index (χ3v) is 5.28. The lowest BCUT2D eigenvalue weighted by Crippen LogP contribution is -2.44. The minimum absolute atomic E-state index is 0.357. The predicted octanol–water partition coefficient (Wildman–Crippen LogP) is 1.99. The SMILES string of the molecule is COc1ccc(C2CN(C3CC(CN)C3)N=C2C2CC2)nc1. The van der Waals surface area contributed by atoms with Gasteiger partial charge in [-0.25, -0.2) is 0 Å². The van der Waals surface area contributed by atoms with Crippen molar-refractivity contribution < 1.29 is 4.74 Å². The zero-order chi connectivity index (χ0) is 15.1. The summed E-state index contributed by atoms with van der Waals surface area (Å²) >= 11 is 0. The molecule has 1 unspecified atom stereocenters. The first-order valence-electron chi connectivity index (χ1n) is 8.33. The second-order valence-electron chi connectivity index (χ2n) is 6.82. The Morgan fingerprint density at radius 2 is 2.14 bits per heavy atom. The lowest BCUT2D eigenvalue weighted by atomic mass is 9.80. The van der Waals surface area contributed by atoms with Crippen LogP contribution in [0.2, 0.25) is 0 Å². The number of rotatable bonds is 5. The number of hydrogen-bond acceptors (Lipinski definition) is 5. The molecule has 1 aromatic rings. The average molecular weight is 300 g/mol. The fourth-order valence-electron chi connectivity index (χ4n) is 3.62. The molecule has 2 heterocycles. The molecule has 4 rings (SSSR count). The Kier molecular flexibility index (Phi) is 3.53. The minimum atomic E-state index is 0.357. The predicted molar refractivity (Wildman–Crippen MR) is 86.0 cm³/mol. The Labute approximate surface area is 131 Å². The van der Waals surface area contributed by atoms with Crippen molar-refractivity contribution in [3.05, 3.63) is 24.0 Å². The van der Waals surface area contributed by atoms with E-state index in [1.807, 2.05) is 12.3 Å². The monoisotopic (exact) mass is 300 g/mol. The van der Waals surface area contributed by atoms with Crippen molar-refractivity contribution in [1.29, 1.82) is 0 Å². The lowest BCUT2D eigenvalue weighted by molar-refractivity contribution is 0.0926. The molecular formula is C17H24N4O. The first kappa shape index (κ1) is 14.0. The van der Waals surface area contributed by atoms with Gasteiger partial charge in [0, 0.05) is 6.04 Å². The van der Waals surface area contributed by atoms with E-state index in [4.69, 9.17) is 15.6 Å². The van der Waals surface area contributed by atoms with E-state index in [1.165, 1.54) is 31.4 Å². The van der Waals surface area contributed by atoms with Crippen LogP contribution in [0, 0.1) is 11.8 Å². The van der Waals surface area contributed by atoms with Gasteiger partial charge in [-0.1, -0.05) is 0 Å². The molecule has 2 aliphatic carbocycles. The quantitative estimate of drug-likeness (QED) is 0.903. The Hall–Kier alpha value is -1.62. The van der Waals surface area contributed by atoms with Gasteiger partial charge in [0.15, 0.2) is 0 Å². The van der Waals surface area contributed by atoms with Gasteiger partial charge in [0.05, 0.1) is 37.2 Å². The standard InChI is InChI=1S/C17H24N4O/c1-22-14-4-5-16(19-9-14)15-10-21(13-6-11(7-13)8-18)20-17(15)12-2-3-12/h4-5,9,11-13,15H,2-3,6-8,10,18H2,1H3. The van der Waals surface area contributed by atoms with E-state index in [0.29, 0.717) is 23.8 Å². The number of nitrogens with two attached hydrogens (primary N) is 1. The van der Waals surface area contributed by atoms with E-state index in [9.17, 15) is 0 Å². The summed E-state index contributed by atoms with van der Waals surface area (Å²) in [5.41, 5.74) is 8.23. The van der Waals surface area contributed by atoms with Gasteiger partial charge in [-0.2, -0.15) is 5.10 Å². The highest BCUT2D eigenvalue weighted by Gasteiger charge is 2.43. The highest BCUT2D eigenvalue weighted by atomic mass is 16.5. The third kappa shape index (κ3) is 2.47. The van der Waals surface area contributed by atoms with Crippen LogP contribution in [0.15, 0.2) is 23.4 Å². The zero-order valence-electron chi connectivity index (χ0n) is 13.1. The van der Waals surface area contributed by atoms with Crippen LogP contribution in [-0.4, -0.2) is 41.9 Å². The molecule has 2 fully saturated rings. The van der Waals surface area contributed by atoms with Crippen molar-refractivity contribution >= 4 is 5.71 Å². The Bertz CT molecular complexity index is 561. The summed E-state index contributed by atoms with van der Waals surface area (Å²) in [6, 6.07) is 4.68. The van der Waals surface area contributed by atoms with Gasteiger partial charge in [-0.05, 0) is 56.2 Å². The summed E-state index contributed by atoms with van der Waals surface area (Å²) in [5.74, 6) is 2.55. The van der Waals surface area contributed by atoms with Gasteiger partial charge in [0.25, 0.3) is 0 Å². The van der Waals surface area contributed by atoms with E-state index >= 15 is 0 Å². The van der Waals surface area contributed by atoms with Crippen molar-refractivity contribution in [3.63, 3.8) is 0 Å². The molecular weight excluding hydrogens is 276 g/mol. The molecule has 5 heteroatoms. The molecule has 3 aliphatic rings. The van der Waals surface area contributed by atoms with Crippen molar-refractivity contribution in [2.45, 2.75) is 37.6 Å². The van der Waals surface area contributed by atoms with Crippen molar-refractivity contribution in [2.24, 2.45) is 22.7 Å². The smallest absolute Gasteiger partial charge is 0.137 e. The molecule has 0 spiro atoms. The average Bonchev–Trinajstić information content (AvgIpc) is 3.27. The molecule has 1 aromatic heterocycles. The largest absolute Gasteiger partial charge is 0.495 e. The zero-order valence-corrected chi connectivity index (χ0v) is 13.1. The lowest BCUT2D eigenvalue weighted by Gasteiger charge is -2.39. The van der Waals surface area contributed by atoms with Crippen LogP contribution >= 0.6 is 0 Å². The van der Waals surface area contributed by atoms with Gasteiger partial charge in [0.2, 0.25) is 0 Å². The summed E-state index contributed by atoms with van der Waals surface area (Å²) in [6.45, 7) is 1.79. The molecule has 0 radical (unpaired) electrons. The van der Waals surface area contributed by atoms with Gasteiger partial charge < -0.3 is 10.5 Å². The van der Waals surface area contributed by atoms with E-state index in [1.54, 1.807) is 7.11 Å². The van der Waals surface area contributed by atoms with Crippen LogP contribution in [-0.2, 0) is 0 Å². The summed E-state index contributed by atoms with van der Waals surface area (Å²) < 4.78 is 5.21. The molecule has 5 nitrogen and oxygen atoms in total. The molecule has 1 atom stereocenters.